The Morgan fingerprint density at radius 1 is 1.05 bits per heavy atom. The number of piperidine rings is 1. The molecule has 0 radical (unpaired) electrons. The molecule has 3 rings (SSSR count). The van der Waals surface area contributed by atoms with E-state index in [-0.39, 0.29) is 6.10 Å². The number of para-hydroxylation sites is 1. The molecule has 1 aliphatic heterocycles. The van der Waals surface area contributed by atoms with E-state index in [0.29, 0.717) is 12.0 Å². The van der Waals surface area contributed by atoms with Gasteiger partial charge in [-0.1, -0.05) is 18.2 Å². The fraction of sp³-hybridized carbons (Fsp3) is 0.647. The van der Waals surface area contributed by atoms with Crippen LogP contribution < -0.4 is 10.2 Å². The van der Waals surface area contributed by atoms with Crippen LogP contribution in [0.5, 0.6) is 0 Å². The van der Waals surface area contributed by atoms with Crippen molar-refractivity contribution in [2.24, 2.45) is 5.92 Å². The zero-order chi connectivity index (χ0) is 13.8. The van der Waals surface area contributed by atoms with Crippen molar-refractivity contribution >= 4 is 5.69 Å². The van der Waals surface area contributed by atoms with Crippen LogP contribution in [0, 0.1) is 5.92 Å². The number of nitrogens with one attached hydrogen (secondary N) is 1. The van der Waals surface area contributed by atoms with E-state index in [2.05, 4.69) is 40.5 Å². The van der Waals surface area contributed by atoms with Gasteiger partial charge < -0.3 is 15.3 Å². The van der Waals surface area contributed by atoms with Crippen LogP contribution >= 0.6 is 0 Å². The minimum Gasteiger partial charge on any atom is -0.393 e. The van der Waals surface area contributed by atoms with Gasteiger partial charge in [0, 0.05) is 24.8 Å². The Balaban J connectivity index is 1.40. The van der Waals surface area contributed by atoms with Crippen LogP contribution in [-0.2, 0) is 0 Å². The highest BCUT2D eigenvalue weighted by molar-refractivity contribution is 5.46. The topological polar surface area (TPSA) is 35.5 Å². The normalized spacial score (nSPS) is 27.9. The summed E-state index contributed by atoms with van der Waals surface area (Å²) in [5, 5.41) is 13.3. The summed E-state index contributed by atoms with van der Waals surface area (Å²) < 4.78 is 0. The van der Waals surface area contributed by atoms with Gasteiger partial charge in [-0.2, -0.15) is 0 Å². The molecule has 0 aromatic heterocycles. The summed E-state index contributed by atoms with van der Waals surface area (Å²) >= 11 is 0. The van der Waals surface area contributed by atoms with E-state index in [1.807, 2.05) is 0 Å². The van der Waals surface area contributed by atoms with Crippen LogP contribution in [0.25, 0.3) is 0 Å². The molecular weight excluding hydrogens is 248 g/mol. The van der Waals surface area contributed by atoms with Gasteiger partial charge in [-0.15, -0.1) is 0 Å². The second-order valence-corrected chi connectivity index (χ2v) is 6.34. The van der Waals surface area contributed by atoms with Crippen molar-refractivity contribution in [1.29, 1.82) is 0 Å². The number of benzene rings is 1. The summed E-state index contributed by atoms with van der Waals surface area (Å²) in [5.74, 6) is 0.692. The summed E-state index contributed by atoms with van der Waals surface area (Å²) in [6.07, 6.45) is 5.60. The summed E-state index contributed by atoms with van der Waals surface area (Å²) in [6, 6.07) is 11.4. The van der Waals surface area contributed by atoms with Crippen LogP contribution in [0.1, 0.15) is 32.1 Å². The third-order valence-electron chi connectivity index (χ3n) is 4.83. The Labute approximate surface area is 122 Å². The number of hydrogen-bond acceptors (Lipinski definition) is 3. The highest BCUT2D eigenvalue weighted by atomic mass is 16.3. The second kappa shape index (κ2) is 6.59. The SMILES string of the molecule is OC1CCC(CNC2CCN(c3ccccc3)CC2)C1. The Morgan fingerprint density at radius 3 is 2.45 bits per heavy atom. The van der Waals surface area contributed by atoms with Crippen molar-refractivity contribution in [3.05, 3.63) is 30.3 Å². The molecule has 20 heavy (non-hydrogen) atoms. The second-order valence-electron chi connectivity index (χ2n) is 6.34. The molecule has 1 aliphatic carbocycles. The number of hydrogen-bond donors (Lipinski definition) is 2. The Kier molecular flexibility index (Phi) is 4.58. The third kappa shape index (κ3) is 3.53. The first-order chi connectivity index (χ1) is 9.81. The molecule has 1 saturated carbocycles. The van der Waals surface area contributed by atoms with Crippen LogP contribution in [0.2, 0.25) is 0 Å². The van der Waals surface area contributed by atoms with Gasteiger partial charge in [-0.05, 0) is 56.7 Å². The van der Waals surface area contributed by atoms with Crippen molar-refractivity contribution in [1.82, 2.24) is 5.32 Å². The molecule has 2 atom stereocenters. The van der Waals surface area contributed by atoms with E-state index < -0.39 is 0 Å². The lowest BCUT2D eigenvalue weighted by molar-refractivity contribution is 0.177. The zero-order valence-corrected chi connectivity index (χ0v) is 12.2. The summed E-state index contributed by atoms with van der Waals surface area (Å²) in [6.45, 7) is 3.39. The molecule has 1 aromatic carbocycles. The van der Waals surface area contributed by atoms with Gasteiger partial charge in [-0.3, -0.25) is 0 Å². The quantitative estimate of drug-likeness (QED) is 0.885. The van der Waals surface area contributed by atoms with E-state index in [9.17, 15) is 5.11 Å². The maximum Gasteiger partial charge on any atom is 0.0543 e. The van der Waals surface area contributed by atoms with Gasteiger partial charge in [0.1, 0.15) is 0 Å². The molecule has 0 spiro atoms. The minimum absolute atomic E-state index is 0.0401. The first kappa shape index (κ1) is 13.9. The van der Waals surface area contributed by atoms with Gasteiger partial charge in [0.25, 0.3) is 0 Å². The number of aliphatic hydroxyl groups is 1. The summed E-state index contributed by atoms with van der Waals surface area (Å²) in [7, 11) is 0. The molecule has 3 heteroatoms. The van der Waals surface area contributed by atoms with Gasteiger partial charge in [0.05, 0.1) is 6.10 Å². The number of rotatable bonds is 4. The Hall–Kier alpha value is -1.06. The first-order valence-corrected chi connectivity index (χ1v) is 8.02. The van der Waals surface area contributed by atoms with E-state index in [4.69, 9.17) is 0 Å². The van der Waals surface area contributed by atoms with Gasteiger partial charge in [0.2, 0.25) is 0 Å². The van der Waals surface area contributed by atoms with Gasteiger partial charge in [-0.25, -0.2) is 0 Å². The predicted octanol–water partition coefficient (Wildman–Crippen LogP) is 2.41. The zero-order valence-electron chi connectivity index (χ0n) is 12.2. The van der Waals surface area contributed by atoms with E-state index in [1.165, 1.54) is 24.9 Å². The molecule has 2 N–H and O–H groups in total. The standard InChI is InChI=1S/C17H26N2O/c20-17-7-6-14(12-17)13-18-15-8-10-19(11-9-15)16-4-2-1-3-5-16/h1-5,14-15,17-18,20H,6-13H2. The van der Waals surface area contributed by atoms with Crippen molar-refractivity contribution in [3.8, 4) is 0 Å². The molecule has 110 valence electrons. The fourth-order valence-corrected chi connectivity index (χ4v) is 3.55. The molecular formula is C17H26N2O. The molecule has 0 amide bonds. The number of anilines is 1. The maximum atomic E-state index is 9.56. The van der Waals surface area contributed by atoms with Crippen molar-refractivity contribution < 1.29 is 5.11 Å². The van der Waals surface area contributed by atoms with Crippen LogP contribution in [0.3, 0.4) is 0 Å². The number of nitrogens with zero attached hydrogens (tertiary/aromatic N) is 1. The molecule has 2 unspecified atom stereocenters. The Bertz CT molecular complexity index is 401. The summed E-state index contributed by atoms with van der Waals surface area (Å²) in [4.78, 5) is 2.48. The average molecular weight is 274 g/mol. The molecule has 2 fully saturated rings. The van der Waals surface area contributed by atoms with Crippen LogP contribution in [0.4, 0.5) is 5.69 Å². The molecule has 1 saturated heterocycles. The average Bonchev–Trinajstić information content (AvgIpc) is 2.92. The summed E-state index contributed by atoms with van der Waals surface area (Å²) in [5.41, 5.74) is 1.35. The number of aliphatic hydroxyl groups excluding tert-OH is 1. The third-order valence-corrected chi connectivity index (χ3v) is 4.83. The monoisotopic (exact) mass is 274 g/mol. The highest BCUT2D eigenvalue weighted by Crippen LogP contribution is 2.25. The minimum atomic E-state index is -0.0401. The molecule has 3 nitrogen and oxygen atoms in total. The lowest BCUT2D eigenvalue weighted by atomic mass is 10.0. The van der Waals surface area contributed by atoms with Crippen LogP contribution in [0.15, 0.2) is 30.3 Å². The lowest BCUT2D eigenvalue weighted by Crippen LogP contribution is -2.43. The van der Waals surface area contributed by atoms with E-state index in [1.54, 1.807) is 0 Å². The molecule has 1 heterocycles. The van der Waals surface area contributed by atoms with Crippen LogP contribution in [-0.4, -0.2) is 36.9 Å². The largest absolute Gasteiger partial charge is 0.393 e. The molecule has 1 aromatic rings. The van der Waals surface area contributed by atoms with Gasteiger partial charge >= 0.3 is 0 Å². The van der Waals surface area contributed by atoms with Crippen molar-refractivity contribution in [3.63, 3.8) is 0 Å². The molecule has 0 bridgehead atoms. The van der Waals surface area contributed by atoms with E-state index >= 15 is 0 Å². The first-order valence-electron chi connectivity index (χ1n) is 8.02. The highest BCUT2D eigenvalue weighted by Gasteiger charge is 2.24. The van der Waals surface area contributed by atoms with Crippen molar-refractivity contribution in [2.45, 2.75) is 44.2 Å². The maximum absolute atomic E-state index is 9.56. The predicted molar refractivity (Wildman–Crippen MR) is 83.0 cm³/mol. The Morgan fingerprint density at radius 2 is 1.80 bits per heavy atom. The fourth-order valence-electron chi connectivity index (χ4n) is 3.55. The van der Waals surface area contributed by atoms with E-state index in [0.717, 1.165) is 32.5 Å². The lowest BCUT2D eigenvalue weighted by Gasteiger charge is -2.34. The van der Waals surface area contributed by atoms with Gasteiger partial charge in [0.15, 0.2) is 0 Å². The molecule has 2 aliphatic rings. The smallest absolute Gasteiger partial charge is 0.0543 e. The van der Waals surface area contributed by atoms with Crippen molar-refractivity contribution in [2.75, 3.05) is 24.5 Å².